The highest BCUT2D eigenvalue weighted by Gasteiger charge is 2.18. The fraction of sp³-hybridized carbons (Fsp3) is 1.00. The summed E-state index contributed by atoms with van der Waals surface area (Å²) in [5.41, 5.74) is 5.94. The van der Waals surface area contributed by atoms with E-state index in [1.54, 1.807) is 0 Å². The first-order valence-electron chi connectivity index (χ1n) is 5.74. The van der Waals surface area contributed by atoms with Gasteiger partial charge in [0, 0.05) is 19.1 Å². The average Bonchev–Trinajstić information content (AvgIpc) is 2.14. The lowest BCUT2D eigenvalue weighted by molar-refractivity contribution is 0.176. The minimum absolute atomic E-state index is 0.433. The van der Waals surface area contributed by atoms with Gasteiger partial charge in [0.1, 0.15) is 0 Å². The maximum absolute atomic E-state index is 5.94. The number of nitrogens with two attached hydrogens (primary N) is 1. The largest absolute Gasteiger partial charge is 0.327 e. The monoisotopic (exact) mass is 184 g/mol. The van der Waals surface area contributed by atoms with E-state index in [0.29, 0.717) is 6.04 Å². The molecule has 0 aromatic rings. The molecule has 1 aliphatic heterocycles. The Kier molecular flexibility index (Phi) is 4.74. The smallest absolute Gasteiger partial charge is 0.0168 e. The van der Waals surface area contributed by atoms with Crippen LogP contribution in [0, 0.1) is 5.92 Å². The molecule has 1 saturated heterocycles. The van der Waals surface area contributed by atoms with Gasteiger partial charge in [-0.2, -0.15) is 0 Å². The van der Waals surface area contributed by atoms with Crippen molar-refractivity contribution in [2.45, 2.75) is 45.6 Å². The van der Waals surface area contributed by atoms with Gasteiger partial charge in [-0.3, -0.25) is 0 Å². The van der Waals surface area contributed by atoms with E-state index in [9.17, 15) is 0 Å². The van der Waals surface area contributed by atoms with Crippen LogP contribution in [-0.4, -0.2) is 30.6 Å². The van der Waals surface area contributed by atoms with Crippen molar-refractivity contribution in [1.82, 2.24) is 4.90 Å². The van der Waals surface area contributed by atoms with Crippen molar-refractivity contribution in [2.24, 2.45) is 11.7 Å². The van der Waals surface area contributed by atoms with Crippen LogP contribution in [0.3, 0.4) is 0 Å². The lowest BCUT2D eigenvalue weighted by Crippen LogP contribution is -2.44. The molecule has 0 spiro atoms. The molecule has 0 saturated carbocycles. The number of piperidine rings is 1. The Morgan fingerprint density at radius 2 is 2.08 bits per heavy atom. The summed E-state index contributed by atoms with van der Waals surface area (Å²) in [7, 11) is 0. The Balaban J connectivity index is 2.26. The Bertz CT molecular complexity index is 132. The van der Waals surface area contributed by atoms with Crippen LogP contribution in [0.4, 0.5) is 0 Å². The lowest BCUT2D eigenvalue weighted by atomic mass is 10.00. The van der Waals surface area contributed by atoms with Gasteiger partial charge >= 0.3 is 0 Å². The van der Waals surface area contributed by atoms with Crippen LogP contribution in [-0.2, 0) is 0 Å². The van der Waals surface area contributed by atoms with Crippen molar-refractivity contribution in [3.63, 3.8) is 0 Å². The molecule has 1 rings (SSSR count). The van der Waals surface area contributed by atoms with Crippen LogP contribution < -0.4 is 5.73 Å². The number of rotatable bonds is 4. The second-order valence-corrected chi connectivity index (χ2v) is 4.34. The molecule has 78 valence electrons. The summed E-state index contributed by atoms with van der Waals surface area (Å²) in [6.45, 7) is 8.23. The summed E-state index contributed by atoms with van der Waals surface area (Å²) in [6, 6.07) is 0.433. The number of likely N-dealkylation sites (tertiary alicyclic amines) is 1. The van der Waals surface area contributed by atoms with E-state index in [-0.39, 0.29) is 0 Å². The average molecular weight is 184 g/mol. The van der Waals surface area contributed by atoms with Crippen LogP contribution in [0.5, 0.6) is 0 Å². The third-order valence-corrected chi connectivity index (χ3v) is 3.21. The molecule has 1 atom stereocenters. The lowest BCUT2D eigenvalue weighted by Gasteiger charge is -2.33. The molecule has 0 unspecified atom stereocenters. The predicted octanol–water partition coefficient (Wildman–Crippen LogP) is 1.85. The van der Waals surface area contributed by atoms with Crippen LogP contribution in [0.15, 0.2) is 0 Å². The van der Waals surface area contributed by atoms with E-state index in [1.165, 1.54) is 38.8 Å². The zero-order valence-corrected chi connectivity index (χ0v) is 9.13. The summed E-state index contributed by atoms with van der Waals surface area (Å²) in [4.78, 5) is 2.55. The molecular formula is C11H24N2. The molecule has 0 aromatic carbocycles. The normalized spacial score (nSPS) is 25.4. The van der Waals surface area contributed by atoms with Crippen molar-refractivity contribution in [3.05, 3.63) is 0 Å². The van der Waals surface area contributed by atoms with Crippen LogP contribution in [0.25, 0.3) is 0 Å². The third kappa shape index (κ3) is 3.65. The quantitative estimate of drug-likeness (QED) is 0.722. The summed E-state index contributed by atoms with van der Waals surface area (Å²) in [6.07, 6.45) is 5.13. The first-order valence-corrected chi connectivity index (χ1v) is 5.74. The maximum atomic E-state index is 5.94. The van der Waals surface area contributed by atoms with Gasteiger partial charge in [-0.05, 0) is 25.3 Å². The Hall–Kier alpha value is -0.0800. The van der Waals surface area contributed by atoms with Gasteiger partial charge in [0.05, 0.1) is 0 Å². The molecule has 2 heteroatoms. The van der Waals surface area contributed by atoms with Crippen molar-refractivity contribution in [3.8, 4) is 0 Å². The summed E-state index contributed by atoms with van der Waals surface area (Å²) >= 11 is 0. The first kappa shape index (κ1) is 11.0. The molecule has 1 heterocycles. The zero-order chi connectivity index (χ0) is 9.68. The van der Waals surface area contributed by atoms with Crippen molar-refractivity contribution in [1.29, 1.82) is 0 Å². The molecular weight excluding hydrogens is 160 g/mol. The second-order valence-electron chi connectivity index (χ2n) is 4.34. The highest BCUT2D eigenvalue weighted by Crippen LogP contribution is 2.14. The van der Waals surface area contributed by atoms with Crippen molar-refractivity contribution >= 4 is 0 Å². The summed E-state index contributed by atoms with van der Waals surface area (Å²) in [5, 5.41) is 0. The van der Waals surface area contributed by atoms with Gasteiger partial charge in [0.15, 0.2) is 0 Å². The zero-order valence-electron chi connectivity index (χ0n) is 9.13. The predicted molar refractivity (Wildman–Crippen MR) is 57.7 cm³/mol. The first-order chi connectivity index (χ1) is 6.26. The van der Waals surface area contributed by atoms with Crippen molar-refractivity contribution < 1.29 is 0 Å². The molecule has 13 heavy (non-hydrogen) atoms. The van der Waals surface area contributed by atoms with Gasteiger partial charge in [-0.15, -0.1) is 0 Å². The van der Waals surface area contributed by atoms with Gasteiger partial charge in [0.2, 0.25) is 0 Å². The Morgan fingerprint density at radius 3 is 2.62 bits per heavy atom. The molecule has 0 radical (unpaired) electrons. The molecule has 0 bridgehead atoms. The van der Waals surface area contributed by atoms with Crippen LogP contribution in [0.1, 0.15) is 39.5 Å². The number of nitrogens with zero attached hydrogens (tertiary/aromatic N) is 1. The molecule has 2 nitrogen and oxygen atoms in total. The molecule has 2 N–H and O–H groups in total. The van der Waals surface area contributed by atoms with Gasteiger partial charge in [-0.1, -0.05) is 26.7 Å². The minimum atomic E-state index is 0.433. The highest BCUT2D eigenvalue weighted by atomic mass is 15.1. The number of hydrogen-bond acceptors (Lipinski definition) is 2. The van der Waals surface area contributed by atoms with E-state index in [4.69, 9.17) is 5.73 Å². The molecule has 1 aliphatic rings. The molecule has 0 amide bonds. The van der Waals surface area contributed by atoms with Gasteiger partial charge in [0.25, 0.3) is 0 Å². The standard InChI is InChI=1S/C11H24N2/c1-3-10(4-2)8-13-7-5-6-11(12)9-13/h10-11H,3-9,12H2,1-2H3/t11-/m0/s1. The van der Waals surface area contributed by atoms with E-state index in [2.05, 4.69) is 18.7 Å². The van der Waals surface area contributed by atoms with Crippen molar-refractivity contribution in [2.75, 3.05) is 19.6 Å². The van der Waals surface area contributed by atoms with E-state index in [1.807, 2.05) is 0 Å². The summed E-state index contributed by atoms with van der Waals surface area (Å²) in [5.74, 6) is 0.880. The van der Waals surface area contributed by atoms with Gasteiger partial charge < -0.3 is 10.6 Å². The summed E-state index contributed by atoms with van der Waals surface area (Å²) < 4.78 is 0. The minimum Gasteiger partial charge on any atom is -0.327 e. The molecule has 0 aromatic heterocycles. The fourth-order valence-electron chi connectivity index (χ4n) is 2.17. The van der Waals surface area contributed by atoms with Crippen LogP contribution in [0.2, 0.25) is 0 Å². The highest BCUT2D eigenvalue weighted by molar-refractivity contribution is 4.76. The van der Waals surface area contributed by atoms with E-state index < -0.39 is 0 Å². The van der Waals surface area contributed by atoms with E-state index >= 15 is 0 Å². The van der Waals surface area contributed by atoms with E-state index in [0.717, 1.165) is 12.5 Å². The maximum Gasteiger partial charge on any atom is 0.0168 e. The van der Waals surface area contributed by atoms with Crippen LogP contribution >= 0.6 is 0 Å². The SMILES string of the molecule is CCC(CC)CN1CCC[C@H](N)C1. The topological polar surface area (TPSA) is 29.3 Å². The Morgan fingerprint density at radius 1 is 1.38 bits per heavy atom. The Labute approximate surface area is 82.5 Å². The fourth-order valence-corrected chi connectivity index (χ4v) is 2.17. The third-order valence-electron chi connectivity index (χ3n) is 3.21. The van der Waals surface area contributed by atoms with Gasteiger partial charge in [-0.25, -0.2) is 0 Å². The molecule has 1 fully saturated rings. The molecule has 0 aliphatic carbocycles. The number of hydrogen-bond donors (Lipinski definition) is 1. The second kappa shape index (κ2) is 5.61.